The minimum atomic E-state index is 0. The van der Waals surface area contributed by atoms with Gasteiger partial charge in [0.1, 0.15) is 5.52 Å². The number of benzene rings is 1. The lowest BCUT2D eigenvalue weighted by Crippen LogP contribution is -2.31. The highest BCUT2D eigenvalue weighted by Gasteiger charge is 2.19. The van der Waals surface area contributed by atoms with Crippen molar-refractivity contribution in [2.24, 2.45) is 0 Å². The van der Waals surface area contributed by atoms with Crippen LogP contribution in [0.1, 0.15) is 12.8 Å². The predicted octanol–water partition coefficient (Wildman–Crippen LogP) is 4.75. The summed E-state index contributed by atoms with van der Waals surface area (Å²) in [6.45, 7) is 2.32. The van der Waals surface area contributed by atoms with Crippen LogP contribution in [0.15, 0.2) is 21.4 Å². The van der Waals surface area contributed by atoms with Crippen molar-refractivity contribution in [3.05, 3.63) is 22.0 Å². The number of hydrogen-bond donors (Lipinski definition) is 1. The zero-order chi connectivity index (χ0) is 13.4. The number of oxazole rings is 1. The fourth-order valence-electron chi connectivity index (χ4n) is 2.34. The Bertz CT molecular complexity index is 647. The molecular formula is C13H16Cl2N2OS2. The number of aromatic nitrogens is 1. The van der Waals surface area contributed by atoms with Crippen molar-refractivity contribution in [2.45, 2.75) is 23.0 Å². The van der Waals surface area contributed by atoms with Crippen molar-refractivity contribution in [3.63, 3.8) is 0 Å². The van der Waals surface area contributed by atoms with Crippen molar-refractivity contribution in [1.82, 2.24) is 9.88 Å². The standard InChI is InChI=1S/C13H15ClN2OS2.ClH/c1-16-6-4-8(5-7-16)19-10-3-2-9-12(11(10)14)15-13(18)17-9;/h2-3,8H,4-7H2,1H3,(H,15,18);1H. The number of hydrogen-bond acceptors (Lipinski definition) is 4. The van der Waals surface area contributed by atoms with E-state index in [0.29, 0.717) is 10.1 Å². The topological polar surface area (TPSA) is 32.2 Å². The summed E-state index contributed by atoms with van der Waals surface area (Å²) in [5.41, 5.74) is 1.53. The summed E-state index contributed by atoms with van der Waals surface area (Å²) in [5, 5.41) is 1.36. The first-order valence-electron chi connectivity index (χ1n) is 6.30. The molecule has 1 aliphatic rings. The second-order valence-electron chi connectivity index (χ2n) is 4.89. The minimum absolute atomic E-state index is 0. The van der Waals surface area contributed by atoms with Gasteiger partial charge in [0.25, 0.3) is 4.84 Å². The third-order valence-corrected chi connectivity index (χ3v) is 5.55. The summed E-state index contributed by atoms with van der Waals surface area (Å²) in [7, 11) is 2.17. The van der Waals surface area contributed by atoms with E-state index in [-0.39, 0.29) is 12.4 Å². The Balaban J connectivity index is 0.00000147. The molecule has 20 heavy (non-hydrogen) atoms. The van der Waals surface area contributed by atoms with Gasteiger partial charge in [0.15, 0.2) is 5.58 Å². The number of aromatic amines is 1. The maximum atomic E-state index is 6.43. The lowest BCUT2D eigenvalue weighted by molar-refractivity contribution is 0.282. The lowest BCUT2D eigenvalue weighted by Gasteiger charge is -2.28. The van der Waals surface area contributed by atoms with Crippen molar-refractivity contribution in [3.8, 4) is 0 Å². The van der Waals surface area contributed by atoms with Crippen molar-refractivity contribution >= 4 is 59.1 Å². The highest BCUT2D eigenvalue weighted by atomic mass is 35.5. The Morgan fingerprint density at radius 2 is 2.10 bits per heavy atom. The first-order valence-corrected chi connectivity index (χ1v) is 7.96. The van der Waals surface area contributed by atoms with Crippen LogP contribution in [0.5, 0.6) is 0 Å². The first kappa shape index (κ1) is 16.2. The summed E-state index contributed by atoms with van der Waals surface area (Å²) in [5.74, 6) is 0. The molecule has 1 aromatic heterocycles. The quantitative estimate of drug-likeness (QED) is 0.791. The summed E-state index contributed by atoms with van der Waals surface area (Å²) in [6.07, 6.45) is 2.41. The number of rotatable bonds is 2. The normalized spacial score (nSPS) is 17.3. The molecule has 0 atom stereocenters. The van der Waals surface area contributed by atoms with Gasteiger partial charge in [-0.2, -0.15) is 0 Å². The Kier molecular flexibility index (Phi) is 5.42. The fraction of sp³-hybridized carbons (Fsp3) is 0.462. The number of halogens is 2. The van der Waals surface area contributed by atoms with Gasteiger partial charge in [-0.15, -0.1) is 24.2 Å². The molecule has 0 radical (unpaired) electrons. The Morgan fingerprint density at radius 3 is 2.80 bits per heavy atom. The maximum Gasteiger partial charge on any atom is 0.266 e. The van der Waals surface area contributed by atoms with Gasteiger partial charge in [0.05, 0.1) is 5.02 Å². The molecule has 0 saturated carbocycles. The number of thioether (sulfide) groups is 1. The zero-order valence-corrected chi connectivity index (χ0v) is 14.2. The van der Waals surface area contributed by atoms with E-state index in [9.17, 15) is 0 Å². The van der Waals surface area contributed by atoms with E-state index in [1.165, 1.54) is 12.8 Å². The summed E-state index contributed by atoms with van der Waals surface area (Å²) >= 11 is 13.3. The molecule has 110 valence electrons. The lowest BCUT2D eigenvalue weighted by atomic mass is 10.1. The number of nitrogens with zero attached hydrogens (tertiary/aromatic N) is 1. The van der Waals surface area contributed by atoms with Gasteiger partial charge >= 0.3 is 0 Å². The first-order chi connectivity index (χ1) is 9.13. The van der Waals surface area contributed by atoms with Crippen molar-refractivity contribution < 1.29 is 4.42 Å². The van der Waals surface area contributed by atoms with Gasteiger partial charge < -0.3 is 14.3 Å². The Labute approximate surface area is 138 Å². The van der Waals surface area contributed by atoms with Gasteiger partial charge in [0, 0.05) is 10.1 Å². The molecular weight excluding hydrogens is 335 g/mol. The smallest absolute Gasteiger partial charge is 0.266 e. The third kappa shape index (κ3) is 3.34. The van der Waals surface area contributed by atoms with Crippen LogP contribution in [0.3, 0.4) is 0 Å². The second kappa shape index (κ2) is 6.71. The molecule has 1 fully saturated rings. The van der Waals surface area contributed by atoms with E-state index < -0.39 is 0 Å². The van der Waals surface area contributed by atoms with E-state index in [4.69, 9.17) is 28.2 Å². The molecule has 1 N–H and O–H groups in total. The van der Waals surface area contributed by atoms with Crippen LogP contribution in [0.4, 0.5) is 0 Å². The Hall–Kier alpha value is -0.200. The van der Waals surface area contributed by atoms with Crippen LogP contribution in [0.25, 0.3) is 11.1 Å². The summed E-state index contributed by atoms with van der Waals surface area (Å²) in [4.78, 5) is 6.86. The second-order valence-corrected chi connectivity index (χ2v) is 6.98. The monoisotopic (exact) mass is 350 g/mol. The van der Waals surface area contributed by atoms with Crippen LogP contribution in [-0.4, -0.2) is 35.3 Å². The Morgan fingerprint density at radius 1 is 1.40 bits per heavy atom. The largest absolute Gasteiger partial charge is 0.429 e. The average molecular weight is 351 g/mol. The van der Waals surface area contributed by atoms with E-state index in [0.717, 1.165) is 34.1 Å². The molecule has 2 aromatic rings. The molecule has 0 spiro atoms. The zero-order valence-electron chi connectivity index (χ0n) is 11.0. The molecule has 2 heterocycles. The number of fused-ring (bicyclic) bond motifs is 1. The van der Waals surface area contributed by atoms with Gasteiger partial charge in [-0.1, -0.05) is 11.6 Å². The number of likely N-dealkylation sites (tertiary alicyclic amines) is 1. The van der Waals surface area contributed by atoms with Crippen LogP contribution in [0, 0.1) is 4.84 Å². The number of nitrogens with one attached hydrogen (secondary N) is 1. The number of piperidine rings is 1. The third-order valence-electron chi connectivity index (χ3n) is 3.46. The molecule has 3 rings (SSSR count). The van der Waals surface area contributed by atoms with Crippen molar-refractivity contribution in [1.29, 1.82) is 0 Å². The van der Waals surface area contributed by atoms with E-state index in [2.05, 4.69) is 16.9 Å². The molecule has 1 saturated heterocycles. The molecule has 1 aliphatic heterocycles. The molecule has 7 heteroatoms. The fourth-order valence-corrected chi connectivity index (χ4v) is 4.03. The summed E-state index contributed by atoms with van der Waals surface area (Å²) < 4.78 is 5.37. The van der Waals surface area contributed by atoms with E-state index in [1.54, 1.807) is 0 Å². The number of H-pyrrole nitrogens is 1. The van der Waals surface area contributed by atoms with Gasteiger partial charge in [0.2, 0.25) is 0 Å². The van der Waals surface area contributed by atoms with Crippen LogP contribution < -0.4 is 0 Å². The SMILES string of the molecule is CN1CCC(Sc2ccc3oc(=S)[nH]c3c2Cl)CC1.Cl. The molecule has 0 unspecified atom stereocenters. The van der Waals surface area contributed by atoms with Gasteiger partial charge in [-0.3, -0.25) is 0 Å². The van der Waals surface area contributed by atoms with E-state index in [1.807, 2.05) is 23.9 Å². The van der Waals surface area contributed by atoms with Crippen molar-refractivity contribution in [2.75, 3.05) is 20.1 Å². The molecule has 1 aromatic carbocycles. The van der Waals surface area contributed by atoms with Gasteiger partial charge in [-0.05, 0) is 57.3 Å². The maximum absolute atomic E-state index is 6.43. The molecule has 0 aliphatic carbocycles. The average Bonchev–Trinajstić information content (AvgIpc) is 2.77. The van der Waals surface area contributed by atoms with Crippen LogP contribution in [-0.2, 0) is 0 Å². The summed E-state index contributed by atoms with van der Waals surface area (Å²) in [6, 6.07) is 3.96. The highest BCUT2D eigenvalue weighted by Crippen LogP contribution is 2.38. The van der Waals surface area contributed by atoms with Gasteiger partial charge in [-0.25, -0.2) is 0 Å². The van der Waals surface area contributed by atoms with Crippen LogP contribution >= 0.6 is 48.0 Å². The molecule has 0 amide bonds. The molecule has 3 nitrogen and oxygen atoms in total. The minimum Gasteiger partial charge on any atom is -0.429 e. The highest BCUT2D eigenvalue weighted by molar-refractivity contribution is 8.00. The van der Waals surface area contributed by atoms with E-state index >= 15 is 0 Å². The van der Waals surface area contributed by atoms with Crippen LogP contribution in [0.2, 0.25) is 5.02 Å². The predicted molar refractivity (Wildman–Crippen MR) is 90.0 cm³/mol. The molecule has 0 bridgehead atoms.